The number of hydrogen-bond acceptors (Lipinski definition) is 7. The molecule has 104 heavy (non-hydrogen) atoms. The van der Waals surface area contributed by atoms with E-state index in [1.807, 2.05) is 140 Å². The Morgan fingerprint density at radius 1 is 0.250 bits per heavy atom. The van der Waals surface area contributed by atoms with Gasteiger partial charge in [0.1, 0.15) is 0 Å². The Bertz CT molecular complexity index is 6340. The fourth-order valence-corrected chi connectivity index (χ4v) is 13.9. The quantitative estimate of drug-likeness (QED) is 0.116. The zero-order valence-corrected chi connectivity index (χ0v) is 54.7. The van der Waals surface area contributed by atoms with Gasteiger partial charge in [0.05, 0.1) is 90.6 Å². The monoisotopic (exact) mass is 1320 g/mol. The maximum absolute atomic E-state index is 10.2. The van der Waals surface area contributed by atoms with Gasteiger partial charge in [-0.1, -0.05) is 115 Å². The molecule has 0 spiro atoms. The van der Waals surface area contributed by atoms with Crippen molar-refractivity contribution < 1.29 is 0 Å². The van der Waals surface area contributed by atoms with Crippen molar-refractivity contribution in [3.05, 3.63) is 346 Å². The molecule has 0 aliphatic heterocycles. The average Bonchev–Trinajstić information content (AvgIpc) is 1.55. The molecule has 0 fully saturated rings. The van der Waals surface area contributed by atoms with E-state index in [1.54, 1.807) is 78.9 Å². The molecule has 3 aromatic heterocycles. The summed E-state index contributed by atoms with van der Waals surface area (Å²) in [6.07, 6.45) is 0. The Labute approximate surface area is 596 Å². The maximum atomic E-state index is 10.2. The second kappa shape index (κ2) is 26.0. The minimum Gasteiger partial charge on any atom is -0.309 e. The van der Waals surface area contributed by atoms with Crippen molar-refractivity contribution in [3.63, 3.8) is 0 Å². The van der Waals surface area contributed by atoms with Gasteiger partial charge in [-0.25, -0.2) is 39.2 Å². The number of aromatic nitrogens is 5. The smallest absolute Gasteiger partial charge is 0.194 e. The van der Waals surface area contributed by atoms with Gasteiger partial charge in [-0.15, -0.1) is 0 Å². The van der Waals surface area contributed by atoms with Crippen molar-refractivity contribution in [1.29, 1.82) is 21.0 Å². The van der Waals surface area contributed by atoms with Gasteiger partial charge >= 0.3 is 0 Å². The molecule has 3 heterocycles. The van der Waals surface area contributed by atoms with E-state index in [9.17, 15) is 21.0 Å². The largest absolute Gasteiger partial charge is 0.309 e. The Morgan fingerprint density at radius 2 is 0.558 bits per heavy atom. The Kier molecular flexibility index (Phi) is 15.7. The van der Waals surface area contributed by atoms with Gasteiger partial charge in [-0.2, -0.15) is 21.0 Å². The van der Waals surface area contributed by atoms with Gasteiger partial charge < -0.3 is 9.13 Å². The summed E-state index contributed by atoms with van der Waals surface area (Å²) in [5.41, 5.74) is 18.3. The Balaban J connectivity index is 1.04. The van der Waals surface area contributed by atoms with Crippen LogP contribution in [0.2, 0.25) is 0 Å². The summed E-state index contributed by atoms with van der Waals surface area (Å²) in [6.45, 7) is 40.5. The van der Waals surface area contributed by atoms with Crippen LogP contribution in [0.15, 0.2) is 267 Å². The van der Waals surface area contributed by atoms with Crippen molar-refractivity contribution >= 4 is 72.0 Å². The molecule has 0 N–H and O–H groups in total. The van der Waals surface area contributed by atoms with Crippen molar-refractivity contribution in [2.24, 2.45) is 0 Å². The molecule has 0 atom stereocenters. The van der Waals surface area contributed by atoms with Crippen LogP contribution < -0.4 is 0 Å². The minimum absolute atomic E-state index is 0.314. The molecule has 0 bridgehead atoms. The van der Waals surface area contributed by atoms with Crippen molar-refractivity contribution in [1.82, 2.24) is 24.1 Å². The lowest BCUT2D eigenvalue weighted by molar-refractivity contribution is 1.07. The Morgan fingerprint density at radius 3 is 0.894 bits per heavy atom. The zero-order valence-electron chi connectivity index (χ0n) is 54.7. The van der Waals surface area contributed by atoms with Crippen LogP contribution in [0.5, 0.6) is 0 Å². The van der Waals surface area contributed by atoms with Crippen LogP contribution in [0.3, 0.4) is 0 Å². The molecule has 14 heteroatoms. The number of nitrogens with zero attached hydrogens (tertiary/aromatic N) is 14. The molecule has 0 unspecified atom stereocenters. The summed E-state index contributed by atoms with van der Waals surface area (Å²) < 4.78 is 4.44. The van der Waals surface area contributed by atoms with E-state index >= 15 is 0 Å². The summed E-state index contributed by atoms with van der Waals surface area (Å²) in [4.78, 5) is 34.7. The third-order valence-electron chi connectivity index (χ3n) is 18.6. The van der Waals surface area contributed by atoms with E-state index in [1.165, 1.54) is 0 Å². The molecular weight excluding hydrogens is 1280 g/mol. The molecular formula is C90H44N14. The van der Waals surface area contributed by atoms with Gasteiger partial charge in [0.15, 0.2) is 45.9 Å². The topological polar surface area (TPSA) is 165 Å². The third kappa shape index (κ3) is 11.2. The predicted octanol–water partition coefficient (Wildman–Crippen LogP) is 23.3. The van der Waals surface area contributed by atoms with E-state index in [4.69, 9.17) is 47.8 Å². The number of rotatable bonds is 11. The zero-order chi connectivity index (χ0) is 71.1. The first kappa shape index (κ1) is 62.7. The fourth-order valence-electron chi connectivity index (χ4n) is 13.9. The predicted molar refractivity (Wildman–Crippen MR) is 408 cm³/mol. The van der Waals surface area contributed by atoms with Crippen molar-refractivity contribution in [3.8, 4) is 137 Å². The standard InChI is InChI=1S/C90H44N14/c1-95-70-36-54(50-91)32-66(40-70)60-20-26-82-75(44-60)76-45-61(67-33-55(51-92)37-71(41-67)96-2)21-27-83(76)103(82)86-30-24-64(74-18-12-13-19-81(74)99-5)48-79(86)80-49-65(90-101-88(58-14-8-6-9-15-58)100-89(102-90)59-16-10-7-11-17-59)25-31-87(80)104-84-28-22-62(68-34-56(52-93)38-72(42-68)97-3)46-77(84)78-47-63(23-29-85(78)104)69-35-57(53-94)39-73(43-69)98-4/h6-49H. The van der Waals surface area contributed by atoms with E-state index in [0.29, 0.717) is 124 Å². The normalized spacial score (nSPS) is 10.8. The molecule has 13 aromatic carbocycles. The van der Waals surface area contributed by atoms with E-state index in [-0.39, 0.29) is 0 Å². The van der Waals surface area contributed by atoms with Crippen LogP contribution in [0.25, 0.3) is 180 Å². The number of benzene rings is 13. The number of hydrogen-bond donors (Lipinski definition) is 0. The van der Waals surface area contributed by atoms with Gasteiger partial charge in [-0.3, -0.25) is 0 Å². The molecule has 14 nitrogen and oxygen atoms in total. The summed E-state index contributed by atoms with van der Waals surface area (Å²) in [5, 5.41) is 44.2. The van der Waals surface area contributed by atoms with Crippen LogP contribution in [-0.4, -0.2) is 24.1 Å². The van der Waals surface area contributed by atoms with Crippen LogP contribution in [0.4, 0.5) is 28.4 Å². The summed E-state index contributed by atoms with van der Waals surface area (Å²) in [6, 6.07) is 93.3. The summed E-state index contributed by atoms with van der Waals surface area (Å²) >= 11 is 0. The molecule has 16 aromatic rings. The van der Waals surface area contributed by atoms with Gasteiger partial charge in [0.2, 0.25) is 0 Å². The van der Waals surface area contributed by atoms with E-state index in [0.717, 1.165) is 82.6 Å². The number of nitriles is 4. The highest BCUT2D eigenvalue weighted by molar-refractivity contribution is 6.14. The Hall–Kier alpha value is -16.1. The van der Waals surface area contributed by atoms with Crippen molar-refractivity contribution in [2.75, 3.05) is 0 Å². The first-order chi connectivity index (χ1) is 51.0. The van der Waals surface area contributed by atoms with Gasteiger partial charge in [-0.05, 0) is 207 Å². The molecule has 0 aliphatic rings. The summed E-state index contributed by atoms with van der Waals surface area (Å²) in [7, 11) is 0. The maximum Gasteiger partial charge on any atom is 0.194 e. The lowest BCUT2D eigenvalue weighted by atomic mass is 9.93. The number of para-hydroxylation sites is 1. The first-order valence-corrected chi connectivity index (χ1v) is 32.6. The first-order valence-electron chi connectivity index (χ1n) is 32.6. The highest BCUT2D eigenvalue weighted by Crippen LogP contribution is 2.48. The van der Waals surface area contributed by atoms with E-state index in [2.05, 4.69) is 106 Å². The minimum atomic E-state index is 0.314. The summed E-state index contributed by atoms with van der Waals surface area (Å²) in [5.74, 6) is 1.30. The highest BCUT2D eigenvalue weighted by atomic mass is 15.0. The second-order valence-corrected chi connectivity index (χ2v) is 24.7. The fraction of sp³-hybridized carbons (Fsp3) is 0. The number of fused-ring (bicyclic) bond motifs is 6. The molecule has 0 aliphatic carbocycles. The lowest BCUT2D eigenvalue weighted by Crippen LogP contribution is -2.04. The average molecular weight is 1320 g/mol. The van der Waals surface area contributed by atoms with Crippen LogP contribution in [0, 0.1) is 78.2 Å². The third-order valence-corrected chi connectivity index (χ3v) is 18.6. The molecule has 16 rings (SSSR count). The van der Waals surface area contributed by atoms with Crippen molar-refractivity contribution in [2.45, 2.75) is 0 Å². The SMILES string of the molecule is [C-]#[N+]c1cc(C#N)cc(-c2ccc3c(c2)c2cc(-c4cc(C#N)cc([N+]#[C-])c4)ccc2n3-c2ccc(-c3nc(-c4ccccc4)nc(-c4ccccc4)n3)cc2-c2cc(-c3ccccc3[N+]#[C-])ccc2-n2c3ccc(-c4cc(C#N)cc([N+]#[C-])c4)cc3c3cc(-c4cc(C#N)cc([N+]#[C-])c4)ccc32)c1. The molecule has 0 radical (unpaired) electrons. The van der Waals surface area contributed by atoms with E-state index < -0.39 is 0 Å². The highest BCUT2D eigenvalue weighted by Gasteiger charge is 2.26. The van der Waals surface area contributed by atoms with Crippen LogP contribution in [0.1, 0.15) is 22.3 Å². The second-order valence-electron chi connectivity index (χ2n) is 24.7. The lowest BCUT2D eigenvalue weighted by Gasteiger charge is -2.21. The molecule has 0 saturated heterocycles. The molecule has 474 valence electrons. The van der Waals surface area contributed by atoms with Gasteiger partial charge in [0.25, 0.3) is 0 Å². The van der Waals surface area contributed by atoms with Crippen LogP contribution in [-0.2, 0) is 0 Å². The van der Waals surface area contributed by atoms with Gasteiger partial charge in [0, 0.05) is 71.6 Å². The molecule has 0 amide bonds. The molecule has 0 saturated carbocycles. The van der Waals surface area contributed by atoms with Crippen LogP contribution >= 0.6 is 0 Å².